The quantitative estimate of drug-likeness (QED) is 0.871. The summed E-state index contributed by atoms with van der Waals surface area (Å²) in [6, 6.07) is 11.9. The monoisotopic (exact) mass is 297 g/mol. The van der Waals surface area contributed by atoms with Crippen LogP contribution in [0.25, 0.3) is 0 Å². The van der Waals surface area contributed by atoms with Gasteiger partial charge in [-0.05, 0) is 45.8 Å². The van der Waals surface area contributed by atoms with Gasteiger partial charge >= 0.3 is 0 Å². The molecule has 0 unspecified atom stereocenters. The first-order chi connectivity index (χ1) is 7.74. The zero-order valence-corrected chi connectivity index (χ0v) is 11.1. The number of nitrogen functional groups attached to an aromatic ring is 1. The number of hydrogen-bond donors (Lipinski definition) is 1. The zero-order valence-electron chi connectivity index (χ0n) is 8.65. The number of benzene rings is 1. The molecule has 84 valence electrons. The largest absolute Gasteiger partial charge is 0.399 e. The van der Waals surface area contributed by atoms with E-state index in [0.29, 0.717) is 13.2 Å². The number of thiophene rings is 1. The molecule has 2 nitrogen and oxygen atoms in total. The lowest BCUT2D eigenvalue weighted by Crippen LogP contribution is -1.93. The number of nitrogens with two attached hydrogens (primary N) is 1. The summed E-state index contributed by atoms with van der Waals surface area (Å²) in [5.41, 5.74) is 7.53. The zero-order chi connectivity index (χ0) is 11.4. The van der Waals surface area contributed by atoms with Crippen molar-refractivity contribution in [3.8, 4) is 0 Å². The van der Waals surface area contributed by atoms with Crippen LogP contribution in [0, 0.1) is 0 Å². The lowest BCUT2D eigenvalue weighted by Gasteiger charge is -2.03. The van der Waals surface area contributed by atoms with Crippen LogP contribution in [0.15, 0.2) is 40.2 Å². The van der Waals surface area contributed by atoms with E-state index in [1.807, 2.05) is 30.3 Å². The summed E-state index contributed by atoms with van der Waals surface area (Å²) in [5, 5.41) is 0. The molecule has 0 amide bonds. The van der Waals surface area contributed by atoms with E-state index in [1.165, 1.54) is 4.88 Å². The summed E-state index contributed by atoms with van der Waals surface area (Å²) in [6.45, 7) is 1.27. The van der Waals surface area contributed by atoms with Gasteiger partial charge in [-0.3, -0.25) is 0 Å². The van der Waals surface area contributed by atoms with Crippen LogP contribution >= 0.6 is 27.3 Å². The Morgan fingerprint density at radius 2 is 1.81 bits per heavy atom. The Kier molecular flexibility index (Phi) is 3.98. The lowest BCUT2D eigenvalue weighted by molar-refractivity contribution is 0.109. The van der Waals surface area contributed by atoms with Crippen molar-refractivity contribution in [3.63, 3.8) is 0 Å². The highest BCUT2D eigenvalue weighted by Crippen LogP contribution is 2.22. The standard InChI is InChI=1S/C12H12BrNOS/c13-12-6-5-11(16-12)8-15-7-9-1-3-10(14)4-2-9/h1-6H,7-8,14H2. The van der Waals surface area contributed by atoms with Gasteiger partial charge in [-0.15, -0.1) is 11.3 Å². The van der Waals surface area contributed by atoms with E-state index in [1.54, 1.807) is 11.3 Å². The number of anilines is 1. The first-order valence-corrected chi connectivity index (χ1v) is 6.51. The van der Waals surface area contributed by atoms with E-state index < -0.39 is 0 Å². The highest BCUT2D eigenvalue weighted by Gasteiger charge is 1.98. The lowest BCUT2D eigenvalue weighted by atomic mass is 10.2. The fraction of sp³-hybridized carbons (Fsp3) is 0.167. The second kappa shape index (κ2) is 5.48. The SMILES string of the molecule is Nc1ccc(COCc2ccc(Br)s2)cc1. The van der Waals surface area contributed by atoms with Crippen LogP contribution in [0.4, 0.5) is 5.69 Å². The fourth-order valence-corrected chi connectivity index (χ4v) is 2.73. The van der Waals surface area contributed by atoms with Gasteiger partial charge in [-0.2, -0.15) is 0 Å². The van der Waals surface area contributed by atoms with Gasteiger partial charge in [0.2, 0.25) is 0 Å². The van der Waals surface area contributed by atoms with Crippen LogP contribution in [-0.4, -0.2) is 0 Å². The molecule has 0 aliphatic heterocycles. The smallest absolute Gasteiger partial charge is 0.0814 e. The van der Waals surface area contributed by atoms with Crippen molar-refractivity contribution in [1.29, 1.82) is 0 Å². The highest BCUT2D eigenvalue weighted by molar-refractivity contribution is 9.11. The van der Waals surface area contributed by atoms with Crippen molar-refractivity contribution in [1.82, 2.24) is 0 Å². The normalized spacial score (nSPS) is 10.6. The van der Waals surface area contributed by atoms with Gasteiger partial charge < -0.3 is 10.5 Å². The van der Waals surface area contributed by atoms with Crippen molar-refractivity contribution >= 4 is 33.0 Å². The van der Waals surface area contributed by atoms with Crippen LogP contribution in [0.3, 0.4) is 0 Å². The topological polar surface area (TPSA) is 35.2 Å². The highest BCUT2D eigenvalue weighted by atomic mass is 79.9. The van der Waals surface area contributed by atoms with Crippen LogP contribution < -0.4 is 5.73 Å². The Morgan fingerprint density at radius 1 is 1.06 bits per heavy atom. The predicted octanol–water partition coefficient (Wildman–Crippen LogP) is 3.81. The third-order valence-electron chi connectivity index (χ3n) is 2.12. The van der Waals surface area contributed by atoms with Crippen molar-refractivity contribution in [2.24, 2.45) is 0 Å². The molecule has 0 saturated carbocycles. The molecule has 1 aromatic heterocycles. The van der Waals surface area contributed by atoms with Crippen molar-refractivity contribution in [2.45, 2.75) is 13.2 Å². The molecule has 2 rings (SSSR count). The summed E-state index contributed by atoms with van der Waals surface area (Å²) >= 11 is 5.12. The van der Waals surface area contributed by atoms with Crippen molar-refractivity contribution in [2.75, 3.05) is 5.73 Å². The molecule has 0 aliphatic rings. The molecule has 16 heavy (non-hydrogen) atoms. The minimum absolute atomic E-state index is 0.621. The van der Waals surface area contributed by atoms with Gasteiger partial charge in [-0.1, -0.05) is 12.1 Å². The molecule has 1 heterocycles. The van der Waals surface area contributed by atoms with Gasteiger partial charge in [-0.25, -0.2) is 0 Å². The van der Waals surface area contributed by atoms with Crippen LogP contribution in [0.5, 0.6) is 0 Å². The van der Waals surface area contributed by atoms with Gasteiger partial charge in [0.1, 0.15) is 0 Å². The Hall–Kier alpha value is -0.840. The maximum atomic E-state index is 5.61. The molecule has 0 aliphatic carbocycles. The van der Waals surface area contributed by atoms with E-state index >= 15 is 0 Å². The van der Waals surface area contributed by atoms with Crippen molar-refractivity contribution in [3.05, 3.63) is 50.6 Å². The van der Waals surface area contributed by atoms with Gasteiger partial charge in [0, 0.05) is 10.6 Å². The number of halogens is 1. The van der Waals surface area contributed by atoms with E-state index in [4.69, 9.17) is 10.5 Å². The van der Waals surface area contributed by atoms with Crippen LogP contribution in [-0.2, 0) is 18.0 Å². The van der Waals surface area contributed by atoms with Gasteiger partial charge in [0.05, 0.1) is 17.0 Å². The van der Waals surface area contributed by atoms with E-state index in [9.17, 15) is 0 Å². The molecular formula is C12H12BrNOS. The second-order valence-corrected chi connectivity index (χ2v) is 5.99. The summed E-state index contributed by atoms with van der Waals surface area (Å²) in [7, 11) is 0. The average molecular weight is 298 g/mol. The average Bonchev–Trinajstić information content (AvgIpc) is 2.67. The minimum atomic E-state index is 0.621. The Balaban J connectivity index is 1.82. The first-order valence-electron chi connectivity index (χ1n) is 4.90. The third-order valence-corrected chi connectivity index (χ3v) is 3.72. The second-order valence-electron chi connectivity index (χ2n) is 3.44. The molecule has 2 aromatic rings. The number of ether oxygens (including phenoxy) is 1. The molecule has 0 fully saturated rings. The third kappa shape index (κ3) is 3.33. The molecule has 0 spiro atoms. The fourth-order valence-electron chi connectivity index (χ4n) is 1.31. The number of hydrogen-bond acceptors (Lipinski definition) is 3. The summed E-state index contributed by atoms with van der Waals surface area (Å²) < 4.78 is 6.75. The summed E-state index contributed by atoms with van der Waals surface area (Å²) in [4.78, 5) is 1.22. The summed E-state index contributed by atoms with van der Waals surface area (Å²) in [6.07, 6.45) is 0. The first kappa shape index (κ1) is 11.6. The molecule has 0 radical (unpaired) electrons. The van der Waals surface area contributed by atoms with Gasteiger partial charge in [0.15, 0.2) is 0 Å². The van der Waals surface area contributed by atoms with E-state index in [2.05, 4.69) is 22.0 Å². The van der Waals surface area contributed by atoms with Crippen molar-refractivity contribution < 1.29 is 4.74 Å². The van der Waals surface area contributed by atoms with E-state index in [-0.39, 0.29) is 0 Å². The molecule has 4 heteroatoms. The molecule has 0 bridgehead atoms. The van der Waals surface area contributed by atoms with Gasteiger partial charge in [0.25, 0.3) is 0 Å². The Bertz CT molecular complexity index is 452. The maximum absolute atomic E-state index is 5.61. The molecule has 0 atom stereocenters. The summed E-state index contributed by atoms with van der Waals surface area (Å²) in [5.74, 6) is 0. The Morgan fingerprint density at radius 3 is 2.44 bits per heavy atom. The number of rotatable bonds is 4. The van der Waals surface area contributed by atoms with E-state index in [0.717, 1.165) is 15.0 Å². The van der Waals surface area contributed by atoms with Crippen LogP contribution in [0.1, 0.15) is 10.4 Å². The van der Waals surface area contributed by atoms with Crippen LogP contribution in [0.2, 0.25) is 0 Å². The molecular weight excluding hydrogens is 286 g/mol. The molecule has 1 aromatic carbocycles. The predicted molar refractivity (Wildman–Crippen MR) is 71.4 cm³/mol. The Labute approximate surface area is 107 Å². The molecule has 0 saturated heterocycles. The maximum Gasteiger partial charge on any atom is 0.0814 e. The minimum Gasteiger partial charge on any atom is -0.399 e. The molecule has 2 N–H and O–H groups in total.